The number of carbonyl (C=O) groups excluding carboxylic acids is 1. The summed E-state index contributed by atoms with van der Waals surface area (Å²) in [6.45, 7) is 1.90. The van der Waals surface area contributed by atoms with Gasteiger partial charge in [0.05, 0.1) is 12.0 Å². The lowest BCUT2D eigenvalue weighted by atomic mass is 9.85. The normalized spacial score (nSPS) is 19.7. The van der Waals surface area contributed by atoms with Crippen LogP contribution in [-0.4, -0.2) is 30.4 Å². The third kappa shape index (κ3) is 3.33. The maximum absolute atomic E-state index is 12.5. The van der Waals surface area contributed by atoms with E-state index in [1.165, 1.54) is 11.3 Å². The largest absolute Gasteiger partial charge is 0.382 e. The molecule has 0 unspecified atom stereocenters. The van der Waals surface area contributed by atoms with Gasteiger partial charge in [-0.05, 0) is 32.6 Å². The lowest BCUT2D eigenvalue weighted by Crippen LogP contribution is -2.28. The summed E-state index contributed by atoms with van der Waals surface area (Å²) in [5, 5.41) is 14.5. The predicted molar refractivity (Wildman–Crippen MR) is 101 cm³/mol. The molecule has 3 N–H and O–H groups in total. The van der Waals surface area contributed by atoms with E-state index in [9.17, 15) is 4.79 Å². The van der Waals surface area contributed by atoms with Gasteiger partial charge in [0.1, 0.15) is 11.6 Å². The summed E-state index contributed by atoms with van der Waals surface area (Å²) in [5.41, 5.74) is 7.86. The number of rotatable bonds is 3. The number of thiazole rings is 1. The number of hydrogen-bond donors (Lipinski definition) is 2. The minimum atomic E-state index is -0.0328. The van der Waals surface area contributed by atoms with Crippen molar-refractivity contribution in [2.45, 2.75) is 38.6 Å². The van der Waals surface area contributed by atoms with Gasteiger partial charge in [0.2, 0.25) is 11.7 Å². The Hall–Kier alpha value is -3.06. The number of nitrogen functional groups attached to an aromatic ring is 1. The molecule has 1 aliphatic rings. The van der Waals surface area contributed by atoms with Crippen molar-refractivity contribution in [2.24, 2.45) is 5.92 Å². The monoisotopic (exact) mass is 382 g/mol. The lowest BCUT2D eigenvalue weighted by Gasteiger charge is -2.28. The number of nitriles is 1. The van der Waals surface area contributed by atoms with Gasteiger partial charge >= 0.3 is 0 Å². The standard InChI is InChI=1S/C17H18N8OS/c1-9-7-27-17(21-9)24-16(26)10-2-4-11(5-3-10)25-8-20-13-14(19)22-12(6-18)23-15(13)25/h7-8,10-11H,2-5H2,1H3,(H2,19,22,23)(H,21,24,26)/t10-,11+. The molecule has 0 bridgehead atoms. The Bertz CT molecular complexity index is 1040. The van der Waals surface area contributed by atoms with Crippen molar-refractivity contribution in [1.29, 1.82) is 5.26 Å². The van der Waals surface area contributed by atoms with Crippen LogP contribution < -0.4 is 11.1 Å². The Morgan fingerprint density at radius 1 is 1.33 bits per heavy atom. The van der Waals surface area contributed by atoms with E-state index in [0.29, 0.717) is 16.3 Å². The molecule has 1 amide bonds. The van der Waals surface area contributed by atoms with Gasteiger partial charge < -0.3 is 15.6 Å². The number of nitrogens with zero attached hydrogens (tertiary/aromatic N) is 6. The van der Waals surface area contributed by atoms with E-state index in [-0.39, 0.29) is 29.5 Å². The number of hydrogen-bond acceptors (Lipinski definition) is 8. The van der Waals surface area contributed by atoms with Gasteiger partial charge in [-0.25, -0.2) is 9.97 Å². The molecule has 0 aromatic carbocycles. The maximum Gasteiger partial charge on any atom is 0.236 e. The third-order valence-electron chi connectivity index (χ3n) is 4.86. The molecule has 3 aromatic heterocycles. The number of fused-ring (bicyclic) bond motifs is 1. The molecule has 0 spiro atoms. The van der Waals surface area contributed by atoms with Gasteiger partial charge in [-0.3, -0.25) is 4.79 Å². The highest BCUT2D eigenvalue weighted by atomic mass is 32.1. The van der Waals surface area contributed by atoms with Gasteiger partial charge in [0.25, 0.3) is 0 Å². The van der Waals surface area contributed by atoms with E-state index < -0.39 is 0 Å². The number of amides is 1. The molecule has 27 heavy (non-hydrogen) atoms. The Balaban J connectivity index is 1.46. The molecule has 0 radical (unpaired) electrons. The van der Waals surface area contributed by atoms with Crippen LogP contribution >= 0.6 is 11.3 Å². The highest BCUT2D eigenvalue weighted by Crippen LogP contribution is 2.35. The Kier molecular flexibility index (Phi) is 4.45. The molecule has 3 heterocycles. The van der Waals surface area contributed by atoms with Crippen molar-refractivity contribution in [3.63, 3.8) is 0 Å². The van der Waals surface area contributed by atoms with Crippen molar-refractivity contribution in [1.82, 2.24) is 24.5 Å². The molecule has 0 aliphatic heterocycles. The molecule has 3 aromatic rings. The van der Waals surface area contributed by atoms with E-state index in [2.05, 4.69) is 25.3 Å². The molecular formula is C17H18N8OS. The van der Waals surface area contributed by atoms with Gasteiger partial charge in [0.15, 0.2) is 16.6 Å². The molecule has 1 saturated carbocycles. The van der Waals surface area contributed by atoms with Crippen molar-refractivity contribution in [2.75, 3.05) is 11.1 Å². The second kappa shape index (κ2) is 6.92. The fraction of sp³-hybridized carbons (Fsp3) is 0.412. The van der Waals surface area contributed by atoms with Gasteiger partial charge in [0, 0.05) is 17.3 Å². The van der Waals surface area contributed by atoms with Gasteiger partial charge in [-0.15, -0.1) is 11.3 Å². The molecule has 9 nitrogen and oxygen atoms in total. The Morgan fingerprint density at radius 3 is 2.78 bits per heavy atom. The first-order valence-electron chi connectivity index (χ1n) is 8.68. The number of carbonyl (C=O) groups is 1. The summed E-state index contributed by atoms with van der Waals surface area (Å²) in [6.07, 6.45) is 4.89. The summed E-state index contributed by atoms with van der Waals surface area (Å²) < 4.78 is 1.95. The topological polar surface area (TPSA) is 135 Å². The van der Waals surface area contributed by atoms with Crippen molar-refractivity contribution in [3.8, 4) is 6.07 Å². The second-order valence-electron chi connectivity index (χ2n) is 6.66. The third-order valence-corrected chi connectivity index (χ3v) is 5.73. The minimum absolute atomic E-state index is 0.0247. The fourth-order valence-electron chi connectivity index (χ4n) is 3.49. The molecule has 138 valence electrons. The van der Waals surface area contributed by atoms with Crippen LogP contribution in [0.3, 0.4) is 0 Å². The predicted octanol–water partition coefficient (Wildman–Crippen LogP) is 2.42. The summed E-state index contributed by atoms with van der Waals surface area (Å²) in [7, 11) is 0. The summed E-state index contributed by atoms with van der Waals surface area (Å²) in [6, 6.07) is 2.09. The zero-order valence-corrected chi connectivity index (χ0v) is 15.5. The van der Waals surface area contributed by atoms with Crippen LogP contribution in [0.15, 0.2) is 11.7 Å². The van der Waals surface area contributed by atoms with Crippen LogP contribution in [0.4, 0.5) is 10.9 Å². The van der Waals surface area contributed by atoms with Crippen LogP contribution in [-0.2, 0) is 4.79 Å². The van der Waals surface area contributed by atoms with Gasteiger partial charge in [-0.2, -0.15) is 15.2 Å². The highest BCUT2D eigenvalue weighted by Gasteiger charge is 2.29. The van der Waals surface area contributed by atoms with E-state index in [0.717, 1.165) is 31.4 Å². The second-order valence-corrected chi connectivity index (χ2v) is 7.52. The van der Waals surface area contributed by atoms with Crippen LogP contribution in [0.25, 0.3) is 11.2 Å². The number of imidazole rings is 1. The number of anilines is 2. The Labute approximate surface area is 159 Å². The zero-order valence-electron chi connectivity index (χ0n) is 14.7. The van der Waals surface area contributed by atoms with E-state index in [4.69, 9.17) is 11.0 Å². The maximum atomic E-state index is 12.5. The van der Waals surface area contributed by atoms with Gasteiger partial charge in [-0.1, -0.05) is 0 Å². The first-order valence-corrected chi connectivity index (χ1v) is 9.56. The first kappa shape index (κ1) is 17.4. The van der Waals surface area contributed by atoms with Crippen molar-refractivity contribution < 1.29 is 4.79 Å². The summed E-state index contributed by atoms with van der Waals surface area (Å²) >= 11 is 1.44. The summed E-state index contributed by atoms with van der Waals surface area (Å²) in [4.78, 5) is 29.2. The van der Waals surface area contributed by atoms with E-state index in [1.54, 1.807) is 6.33 Å². The molecule has 0 saturated heterocycles. The van der Waals surface area contributed by atoms with Crippen molar-refractivity contribution >= 4 is 39.4 Å². The SMILES string of the molecule is Cc1csc(NC(=O)[C@H]2CC[C@@H](n3cnc4c(N)nc(C#N)nc43)CC2)n1. The Morgan fingerprint density at radius 2 is 2.11 bits per heavy atom. The quantitative estimate of drug-likeness (QED) is 0.710. The smallest absolute Gasteiger partial charge is 0.236 e. The fourth-order valence-corrected chi connectivity index (χ4v) is 4.18. The zero-order chi connectivity index (χ0) is 19.0. The van der Waals surface area contributed by atoms with E-state index in [1.807, 2.05) is 22.9 Å². The average molecular weight is 382 g/mol. The number of nitrogens with two attached hydrogens (primary N) is 1. The minimum Gasteiger partial charge on any atom is -0.382 e. The molecule has 1 fully saturated rings. The first-order chi connectivity index (χ1) is 13.0. The van der Waals surface area contributed by atoms with Crippen LogP contribution in [0.2, 0.25) is 0 Å². The molecule has 10 heteroatoms. The number of nitrogens with one attached hydrogen (secondary N) is 1. The molecular weight excluding hydrogens is 364 g/mol. The number of aryl methyl sites for hydroxylation is 1. The average Bonchev–Trinajstić information content (AvgIpc) is 3.28. The lowest BCUT2D eigenvalue weighted by molar-refractivity contribution is -0.120. The highest BCUT2D eigenvalue weighted by molar-refractivity contribution is 7.13. The van der Waals surface area contributed by atoms with Crippen LogP contribution in [0, 0.1) is 24.2 Å². The summed E-state index contributed by atoms with van der Waals surface area (Å²) in [5.74, 6) is 0.238. The number of aromatic nitrogens is 5. The van der Waals surface area contributed by atoms with Crippen molar-refractivity contribution in [3.05, 3.63) is 23.2 Å². The van der Waals surface area contributed by atoms with Crippen LogP contribution in [0.1, 0.15) is 43.2 Å². The molecule has 1 aliphatic carbocycles. The van der Waals surface area contributed by atoms with Crippen LogP contribution in [0.5, 0.6) is 0 Å². The molecule has 0 atom stereocenters. The molecule has 4 rings (SSSR count). The van der Waals surface area contributed by atoms with E-state index >= 15 is 0 Å².